The number of carbonyl (C=O) groups excluding carboxylic acids is 2. The van der Waals surface area contributed by atoms with Crippen molar-refractivity contribution in [1.82, 2.24) is 10.6 Å². The van der Waals surface area contributed by atoms with Crippen LogP contribution in [0.5, 0.6) is 0 Å². The maximum Gasteiger partial charge on any atom is 0.229 e. The minimum Gasteiger partial charge on any atom is -0.352 e. The predicted molar refractivity (Wildman–Crippen MR) is 75.8 cm³/mol. The molecular weight excluding hydrogens is 264 g/mol. The summed E-state index contributed by atoms with van der Waals surface area (Å²) in [6, 6.07) is 7.18. The summed E-state index contributed by atoms with van der Waals surface area (Å²) in [5.74, 6) is -0.571. The first-order valence-corrected chi connectivity index (χ1v) is 6.46. The minimum atomic E-state index is -0.326. The molecule has 0 aliphatic rings. The largest absolute Gasteiger partial charge is 0.352 e. The van der Waals surface area contributed by atoms with E-state index < -0.39 is 0 Å². The molecule has 0 unspecified atom stereocenters. The van der Waals surface area contributed by atoms with Crippen LogP contribution in [0.3, 0.4) is 0 Å². The van der Waals surface area contributed by atoms with E-state index in [9.17, 15) is 9.59 Å². The van der Waals surface area contributed by atoms with Crippen LogP contribution in [0.25, 0.3) is 0 Å². The summed E-state index contributed by atoms with van der Waals surface area (Å²) in [4.78, 5) is 23.1. The van der Waals surface area contributed by atoms with Crippen LogP contribution in [0.2, 0.25) is 5.02 Å². The molecule has 5 heteroatoms. The third-order valence-electron chi connectivity index (χ3n) is 2.24. The lowest BCUT2D eigenvalue weighted by atomic mass is 10.1. The van der Waals surface area contributed by atoms with E-state index in [1.807, 2.05) is 32.9 Å². The second-order valence-corrected chi connectivity index (χ2v) is 5.81. The molecule has 0 spiro atoms. The first-order valence-electron chi connectivity index (χ1n) is 6.08. The summed E-state index contributed by atoms with van der Waals surface area (Å²) in [6.45, 7) is 6.00. The molecule has 0 saturated carbocycles. The van der Waals surface area contributed by atoms with E-state index >= 15 is 0 Å². The number of hydrogen-bond acceptors (Lipinski definition) is 2. The highest BCUT2D eigenvalue weighted by Gasteiger charge is 2.16. The van der Waals surface area contributed by atoms with Crippen LogP contribution in [-0.4, -0.2) is 17.4 Å². The van der Waals surface area contributed by atoms with Gasteiger partial charge in [0.25, 0.3) is 0 Å². The van der Waals surface area contributed by atoms with Crippen LogP contribution in [0.15, 0.2) is 24.3 Å². The molecule has 0 saturated heterocycles. The molecule has 2 amide bonds. The Balaban J connectivity index is 2.36. The Morgan fingerprint density at radius 2 is 1.68 bits per heavy atom. The molecule has 1 aromatic carbocycles. The normalized spacial score (nSPS) is 10.9. The second kappa shape index (κ2) is 6.57. The van der Waals surface area contributed by atoms with Gasteiger partial charge in [-0.3, -0.25) is 9.59 Å². The van der Waals surface area contributed by atoms with Crippen molar-refractivity contribution in [2.24, 2.45) is 0 Å². The number of halogens is 1. The average Bonchev–Trinajstić information content (AvgIpc) is 2.25. The summed E-state index contributed by atoms with van der Waals surface area (Å²) < 4.78 is 0. The van der Waals surface area contributed by atoms with E-state index in [2.05, 4.69) is 10.6 Å². The molecule has 0 heterocycles. The van der Waals surface area contributed by atoms with E-state index in [0.717, 1.165) is 5.56 Å². The van der Waals surface area contributed by atoms with Crippen molar-refractivity contribution in [3.63, 3.8) is 0 Å². The van der Waals surface area contributed by atoms with E-state index in [4.69, 9.17) is 11.6 Å². The molecule has 0 aliphatic heterocycles. The van der Waals surface area contributed by atoms with Gasteiger partial charge in [-0.15, -0.1) is 0 Å². The minimum absolute atomic E-state index is 0.162. The van der Waals surface area contributed by atoms with Crippen LogP contribution in [-0.2, 0) is 16.1 Å². The Morgan fingerprint density at radius 3 is 2.21 bits per heavy atom. The van der Waals surface area contributed by atoms with Gasteiger partial charge in [0, 0.05) is 17.1 Å². The summed E-state index contributed by atoms with van der Waals surface area (Å²) in [5.41, 5.74) is 0.613. The van der Waals surface area contributed by atoms with Crippen molar-refractivity contribution >= 4 is 23.4 Å². The van der Waals surface area contributed by atoms with Crippen LogP contribution in [0.1, 0.15) is 32.8 Å². The van der Waals surface area contributed by atoms with Gasteiger partial charge in [0.1, 0.15) is 6.42 Å². The van der Waals surface area contributed by atoms with Gasteiger partial charge in [-0.1, -0.05) is 23.7 Å². The van der Waals surface area contributed by atoms with Crippen molar-refractivity contribution in [3.05, 3.63) is 34.9 Å². The molecule has 19 heavy (non-hydrogen) atoms. The summed E-state index contributed by atoms with van der Waals surface area (Å²) in [7, 11) is 0. The van der Waals surface area contributed by atoms with Gasteiger partial charge in [0.05, 0.1) is 0 Å². The van der Waals surface area contributed by atoms with Crippen molar-refractivity contribution in [2.45, 2.75) is 39.3 Å². The summed E-state index contributed by atoms with van der Waals surface area (Å²) in [6.07, 6.45) is -0.162. The zero-order valence-corrected chi connectivity index (χ0v) is 12.2. The lowest BCUT2D eigenvalue weighted by Gasteiger charge is -2.20. The lowest BCUT2D eigenvalue weighted by Crippen LogP contribution is -2.42. The monoisotopic (exact) mass is 282 g/mol. The molecule has 0 radical (unpaired) electrons. The van der Waals surface area contributed by atoms with Crippen molar-refractivity contribution < 1.29 is 9.59 Å². The number of benzene rings is 1. The fraction of sp³-hybridized carbons (Fsp3) is 0.429. The molecule has 0 atom stereocenters. The van der Waals surface area contributed by atoms with Gasteiger partial charge >= 0.3 is 0 Å². The number of hydrogen-bond donors (Lipinski definition) is 2. The topological polar surface area (TPSA) is 58.2 Å². The third-order valence-corrected chi connectivity index (χ3v) is 2.49. The molecule has 0 bridgehead atoms. The first kappa shape index (κ1) is 15.5. The highest BCUT2D eigenvalue weighted by Crippen LogP contribution is 2.09. The zero-order valence-electron chi connectivity index (χ0n) is 11.4. The zero-order chi connectivity index (χ0) is 14.5. The number of nitrogens with one attached hydrogen (secondary N) is 2. The third kappa shape index (κ3) is 6.82. The van der Waals surface area contributed by atoms with Crippen molar-refractivity contribution in [1.29, 1.82) is 0 Å². The molecule has 0 fully saturated rings. The Hall–Kier alpha value is -1.55. The average molecular weight is 283 g/mol. The van der Waals surface area contributed by atoms with E-state index in [1.165, 1.54) is 0 Å². The van der Waals surface area contributed by atoms with Crippen molar-refractivity contribution in [2.75, 3.05) is 0 Å². The van der Waals surface area contributed by atoms with Crippen LogP contribution in [0, 0.1) is 0 Å². The highest BCUT2D eigenvalue weighted by atomic mass is 35.5. The van der Waals surface area contributed by atoms with Crippen molar-refractivity contribution in [3.8, 4) is 0 Å². The fourth-order valence-corrected chi connectivity index (χ4v) is 1.60. The number of amides is 2. The van der Waals surface area contributed by atoms with Gasteiger partial charge in [-0.2, -0.15) is 0 Å². The molecule has 0 aliphatic carbocycles. The Morgan fingerprint density at radius 1 is 1.11 bits per heavy atom. The number of carbonyl (C=O) groups is 2. The standard InChI is InChI=1S/C14H19ClN2O2/c1-14(2,3)17-13(19)8-12(18)16-9-10-4-6-11(15)7-5-10/h4-7H,8-9H2,1-3H3,(H,16,18)(H,17,19). The second-order valence-electron chi connectivity index (χ2n) is 5.38. The van der Waals surface area contributed by atoms with Gasteiger partial charge in [-0.05, 0) is 38.5 Å². The van der Waals surface area contributed by atoms with Gasteiger partial charge in [-0.25, -0.2) is 0 Å². The molecular formula is C14H19ClN2O2. The molecule has 1 aromatic rings. The quantitative estimate of drug-likeness (QED) is 0.832. The maximum absolute atomic E-state index is 11.6. The Kier molecular flexibility index (Phi) is 5.36. The molecule has 4 nitrogen and oxygen atoms in total. The number of rotatable bonds is 4. The molecule has 104 valence electrons. The van der Waals surface area contributed by atoms with Gasteiger partial charge in [0.2, 0.25) is 11.8 Å². The Bertz CT molecular complexity index is 450. The smallest absolute Gasteiger partial charge is 0.229 e. The van der Waals surface area contributed by atoms with Gasteiger partial charge < -0.3 is 10.6 Å². The van der Waals surface area contributed by atoms with Crippen LogP contribution < -0.4 is 10.6 Å². The first-order chi connectivity index (χ1) is 8.76. The van der Waals surface area contributed by atoms with E-state index in [-0.39, 0.29) is 23.8 Å². The maximum atomic E-state index is 11.6. The van der Waals surface area contributed by atoms with E-state index in [0.29, 0.717) is 11.6 Å². The van der Waals surface area contributed by atoms with Gasteiger partial charge in [0.15, 0.2) is 0 Å². The SMILES string of the molecule is CC(C)(C)NC(=O)CC(=O)NCc1ccc(Cl)cc1. The highest BCUT2D eigenvalue weighted by molar-refractivity contribution is 6.30. The van der Waals surface area contributed by atoms with Crippen LogP contribution >= 0.6 is 11.6 Å². The molecule has 1 rings (SSSR count). The van der Waals surface area contributed by atoms with E-state index in [1.54, 1.807) is 12.1 Å². The summed E-state index contributed by atoms with van der Waals surface area (Å²) >= 11 is 5.76. The molecule has 0 aromatic heterocycles. The fourth-order valence-electron chi connectivity index (χ4n) is 1.47. The molecule has 2 N–H and O–H groups in total. The lowest BCUT2D eigenvalue weighted by molar-refractivity contribution is -0.130. The predicted octanol–water partition coefficient (Wildman–Crippen LogP) is 2.26. The Labute approximate surface area is 118 Å². The summed E-state index contributed by atoms with van der Waals surface area (Å²) in [5, 5.41) is 6.08. The van der Waals surface area contributed by atoms with Crippen LogP contribution in [0.4, 0.5) is 0 Å².